The second-order valence-corrected chi connectivity index (χ2v) is 3.84. The number of pyridine rings is 1. The zero-order valence-corrected chi connectivity index (χ0v) is 9.47. The van der Waals surface area contributed by atoms with Gasteiger partial charge in [0.25, 0.3) is 0 Å². The van der Waals surface area contributed by atoms with Gasteiger partial charge in [0.2, 0.25) is 0 Å². The SMILES string of the molecule is c1cncc(OCCCN2CCOCC2)c1. The Bertz CT molecular complexity index is 286. The summed E-state index contributed by atoms with van der Waals surface area (Å²) in [6.07, 6.45) is 4.55. The average molecular weight is 222 g/mol. The topological polar surface area (TPSA) is 34.6 Å². The van der Waals surface area contributed by atoms with E-state index < -0.39 is 0 Å². The molecule has 0 unspecified atom stereocenters. The van der Waals surface area contributed by atoms with Gasteiger partial charge in [-0.25, -0.2) is 0 Å². The molecule has 0 saturated carbocycles. The first kappa shape index (κ1) is 11.4. The highest BCUT2D eigenvalue weighted by molar-refractivity contribution is 5.15. The highest BCUT2D eigenvalue weighted by Crippen LogP contribution is 2.06. The van der Waals surface area contributed by atoms with Crippen molar-refractivity contribution in [1.29, 1.82) is 0 Å². The second kappa shape index (κ2) is 6.45. The van der Waals surface area contributed by atoms with Crippen LogP contribution in [0.4, 0.5) is 0 Å². The van der Waals surface area contributed by atoms with Crippen molar-refractivity contribution in [3.8, 4) is 5.75 Å². The monoisotopic (exact) mass is 222 g/mol. The molecule has 1 aliphatic heterocycles. The van der Waals surface area contributed by atoms with E-state index in [0.29, 0.717) is 0 Å². The van der Waals surface area contributed by atoms with Crippen LogP contribution < -0.4 is 4.74 Å². The maximum Gasteiger partial charge on any atom is 0.137 e. The summed E-state index contributed by atoms with van der Waals surface area (Å²) in [4.78, 5) is 6.41. The van der Waals surface area contributed by atoms with E-state index >= 15 is 0 Å². The Kier molecular flexibility index (Phi) is 4.58. The predicted molar refractivity (Wildman–Crippen MR) is 61.6 cm³/mol. The van der Waals surface area contributed by atoms with E-state index in [9.17, 15) is 0 Å². The fourth-order valence-electron chi connectivity index (χ4n) is 1.74. The third kappa shape index (κ3) is 3.79. The molecular weight excluding hydrogens is 204 g/mol. The minimum absolute atomic E-state index is 0.753. The Labute approximate surface area is 96.2 Å². The first-order chi connectivity index (χ1) is 7.95. The van der Waals surface area contributed by atoms with Crippen molar-refractivity contribution in [2.75, 3.05) is 39.5 Å². The van der Waals surface area contributed by atoms with E-state index in [-0.39, 0.29) is 0 Å². The number of hydrogen-bond acceptors (Lipinski definition) is 4. The highest BCUT2D eigenvalue weighted by Gasteiger charge is 2.09. The van der Waals surface area contributed by atoms with Crippen LogP contribution in [0.25, 0.3) is 0 Å². The molecular formula is C12H18N2O2. The van der Waals surface area contributed by atoms with Crippen molar-refractivity contribution in [2.24, 2.45) is 0 Å². The predicted octanol–water partition coefficient (Wildman–Crippen LogP) is 1.18. The van der Waals surface area contributed by atoms with Crippen LogP contribution in [0.15, 0.2) is 24.5 Å². The van der Waals surface area contributed by atoms with Gasteiger partial charge in [0, 0.05) is 25.8 Å². The fraction of sp³-hybridized carbons (Fsp3) is 0.583. The van der Waals surface area contributed by atoms with Gasteiger partial charge in [0.05, 0.1) is 26.0 Å². The number of aromatic nitrogens is 1. The maximum absolute atomic E-state index is 5.58. The quantitative estimate of drug-likeness (QED) is 0.701. The van der Waals surface area contributed by atoms with Gasteiger partial charge in [-0.15, -0.1) is 0 Å². The van der Waals surface area contributed by atoms with Crippen molar-refractivity contribution in [1.82, 2.24) is 9.88 Å². The molecule has 0 radical (unpaired) electrons. The molecule has 1 aromatic heterocycles. The van der Waals surface area contributed by atoms with E-state index in [2.05, 4.69) is 9.88 Å². The Morgan fingerprint density at radius 3 is 3.00 bits per heavy atom. The normalized spacial score (nSPS) is 17.2. The van der Waals surface area contributed by atoms with Crippen LogP contribution in [-0.4, -0.2) is 49.3 Å². The first-order valence-electron chi connectivity index (χ1n) is 5.78. The molecule has 16 heavy (non-hydrogen) atoms. The smallest absolute Gasteiger partial charge is 0.137 e. The molecule has 4 nitrogen and oxygen atoms in total. The third-order valence-electron chi connectivity index (χ3n) is 2.63. The summed E-state index contributed by atoms with van der Waals surface area (Å²) < 4.78 is 10.9. The molecule has 88 valence electrons. The van der Waals surface area contributed by atoms with Crippen LogP contribution in [0.2, 0.25) is 0 Å². The summed E-state index contributed by atoms with van der Waals surface area (Å²) in [5.74, 6) is 0.851. The molecule has 0 bridgehead atoms. The van der Waals surface area contributed by atoms with Gasteiger partial charge < -0.3 is 9.47 Å². The zero-order valence-electron chi connectivity index (χ0n) is 9.47. The number of rotatable bonds is 5. The summed E-state index contributed by atoms with van der Waals surface area (Å²) in [5.41, 5.74) is 0. The van der Waals surface area contributed by atoms with Crippen LogP contribution in [0.1, 0.15) is 6.42 Å². The molecule has 2 heterocycles. The molecule has 1 fully saturated rings. The Hall–Kier alpha value is -1.13. The highest BCUT2D eigenvalue weighted by atomic mass is 16.5. The van der Waals surface area contributed by atoms with Gasteiger partial charge in [-0.1, -0.05) is 0 Å². The Morgan fingerprint density at radius 1 is 1.38 bits per heavy atom. The van der Waals surface area contributed by atoms with Crippen molar-refractivity contribution in [3.05, 3.63) is 24.5 Å². The van der Waals surface area contributed by atoms with Crippen LogP contribution in [-0.2, 0) is 4.74 Å². The summed E-state index contributed by atoms with van der Waals surface area (Å²) >= 11 is 0. The molecule has 0 aromatic carbocycles. The largest absolute Gasteiger partial charge is 0.492 e. The van der Waals surface area contributed by atoms with E-state index in [1.54, 1.807) is 12.4 Å². The van der Waals surface area contributed by atoms with E-state index in [1.807, 2.05) is 12.1 Å². The third-order valence-corrected chi connectivity index (χ3v) is 2.63. The molecule has 0 aliphatic carbocycles. The molecule has 1 aromatic rings. The minimum Gasteiger partial charge on any atom is -0.492 e. The number of ether oxygens (including phenoxy) is 2. The van der Waals surface area contributed by atoms with Gasteiger partial charge in [-0.2, -0.15) is 0 Å². The maximum atomic E-state index is 5.58. The summed E-state index contributed by atoms with van der Waals surface area (Å²) in [7, 11) is 0. The number of hydrogen-bond donors (Lipinski definition) is 0. The first-order valence-corrected chi connectivity index (χ1v) is 5.78. The lowest BCUT2D eigenvalue weighted by Gasteiger charge is -2.26. The standard InChI is InChI=1S/C12H18N2O2/c1-3-12(11-13-4-1)16-8-2-5-14-6-9-15-10-7-14/h1,3-4,11H,2,5-10H2. The van der Waals surface area contributed by atoms with Crippen LogP contribution in [0, 0.1) is 0 Å². The van der Waals surface area contributed by atoms with Gasteiger partial charge in [-0.3, -0.25) is 9.88 Å². The molecule has 0 atom stereocenters. The molecule has 0 N–H and O–H groups in total. The lowest BCUT2D eigenvalue weighted by Crippen LogP contribution is -2.37. The van der Waals surface area contributed by atoms with Crippen molar-refractivity contribution in [3.63, 3.8) is 0 Å². The van der Waals surface area contributed by atoms with Gasteiger partial charge >= 0.3 is 0 Å². The minimum atomic E-state index is 0.753. The van der Waals surface area contributed by atoms with E-state index in [4.69, 9.17) is 9.47 Å². The Balaban J connectivity index is 1.58. The van der Waals surface area contributed by atoms with Gasteiger partial charge in [0.15, 0.2) is 0 Å². The molecule has 1 saturated heterocycles. The van der Waals surface area contributed by atoms with Crippen LogP contribution in [0.3, 0.4) is 0 Å². The lowest BCUT2D eigenvalue weighted by atomic mass is 10.3. The molecule has 2 rings (SSSR count). The Morgan fingerprint density at radius 2 is 2.25 bits per heavy atom. The summed E-state index contributed by atoms with van der Waals surface area (Å²) in [6.45, 7) is 5.67. The number of morpholine rings is 1. The lowest BCUT2D eigenvalue weighted by molar-refractivity contribution is 0.0358. The molecule has 0 amide bonds. The zero-order chi connectivity index (χ0) is 11.1. The van der Waals surface area contributed by atoms with Gasteiger partial charge in [-0.05, 0) is 18.6 Å². The fourth-order valence-corrected chi connectivity index (χ4v) is 1.74. The number of nitrogens with zero attached hydrogens (tertiary/aromatic N) is 2. The van der Waals surface area contributed by atoms with Crippen molar-refractivity contribution in [2.45, 2.75) is 6.42 Å². The van der Waals surface area contributed by atoms with Crippen LogP contribution >= 0.6 is 0 Å². The van der Waals surface area contributed by atoms with E-state index in [0.717, 1.165) is 51.6 Å². The molecule has 0 spiro atoms. The average Bonchev–Trinajstić information content (AvgIpc) is 2.37. The molecule has 1 aliphatic rings. The van der Waals surface area contributed by atoms with Gasteiger partial charge in [0.1, 0.15) is 5.75 Å². The second-order valence-electron chi connectivity index (χ2n) is 3.84. The summed E-state index contributed by atoms with van der Waals surface area (Å²) in [5, 5.41) is 0. The van der Waals surface area contributed by atoms with Crippen molar-refractivity contribution < 1.29 is 9.47 Å². The van der Waals surface area contributed by atoms with Crippen LogP contribution in [0.5, 0.6) is 5.75 Å². The van der Waals surface area contributed by atoms with E-state index in [1.165, 1.54) is 0 Å². The molecule has 4 heteroatoms. The summed E-state index contributed by atoms with van der Waals surface area (Å²) in [6, 6.07) is 3.82. The van der Waals surface area contributed by atoms with Crippen molar-refractivity contribution >= 4 is 0 Å².